The fourth-order valence-electron chi connectivity index (χ4n) is 5.20. The summed E-state index contributed by atoms with van der Waals surface area (Å²) >= 11 is 0. The molecule has 1 aromatic heterocycles. The number of nitrogens with zero attached hydrogens (tertiary/aromatic N) is 3. The first-order chi connectivity index (χ1) is 13.3. The van der Waals surface area contributed by atoms with Crippen LogP contribution in [-0.2, 0) is 7.05 Å². The van der Waals surface area contributed by atoms with Gasteiger partial charge in [0.1, 0.15) is 5.82 Å². The van der Waals surface area contributed by atoms with Gasteiger partial charge in [0.05, 0.1) is 5.56 Å². The van der Waals surface area contributed by atoms with Crippen molar-refractivity contribution in [3.63, 3.8) is 0 Å². The lowest BCUT2D eigenvalue weighted by atomic mass is 9.73. The lowest BCUT2D eigenvalue weighted by Crippen LogP contribution is -2.49. The van der Waals surface area contributed by atoms with Crippen molar-refractivity contribution in [2.45, 2.75) is 45.6 Å². The lowest BCUT2D eigenvalue weighted by molar-refractivity contribution is 0.185. The molecular formula is C22H31N5O. The highest BCUT2D eigenvalue weighted by Gasteiger charge is 2.46. The van der Waals surface area contributed by atoms with E-state index in [-0.39, 0.29) is 17.0 Å². The number of nitrogens with two attached hydrogens (primary N) is 2. The van der Waals surface area contributed by atoms with Gasteiger partial charge in [-0.2, -0.15) is 4.98 Å². The molecule has 4 N–H and O–H groups in total. The van der Waals surface area contributed by atoms with Crippen molar-refractivity contribution < 1.29 is 0 Å². The highest BCUT2D eigenvalue weighted by Crippen LogP contribution is 2.48. The van der Waals surface area contributed by atoms with Gasteiger partial charge in [-0.15, -0.1) is 0 Å². The van der Waals surface area contributed by atoms with Gasteiger partial charge in [-0.05, 0) is 55.1 Å². The summed E-state index contributed by atoms with van der Waals surface area (Å²) in [6.45, 7) is 5.98. The first kappa shape index (κ1) is 19.0. The van der Waals surface area contributed by atoms with Crippen molar-refractivity contribution in [3.8, 4) is 11.1 Å². The van der Waals surface area contributed by atoms with Crippen molar-refractivity contribution in [2.75, 3.05) is 23.7 Å². The largest absolute Gasteiger partial charge is 0.383 e. The Morgan fingerprint density at radius 1 is 1.18 bits per heavy atom. The van der Waals surface area contributed by atoms with E-state index in [1.165, 1.54) is 12.8 Å². The third-order valence-electron chi connectivity index (χ3n) is 7.17. The Kier molecular flexibility index (Phi) is 4.70. The van der Waals surface area contributed by atoms with Crippen molar-refractivity contribution in [1.29, 1.82) is 0 Å². The first-order valence-corrected chi connectivity index (χ1v) is 10.3. The van der Waals surface area contributed by atoms with Gasteiger partial charge >= 0.3 is 0 Å². The SMILES string of the molecule is Cc1ccccc1-c1c(N)nc(N2CCC3(CC[C@@H](C)[C@H]3N)CC2)n(C)c1=O. The summed E-state index contributed by atoms with van der Waals surface area (Å²) in [5.41, 5.74) is 15.3. The predicted molar refractivity (Wildman–Crippen MR) is 114 cm³/mol. The third kappa shape index (κ3) is 2.91. The molecule has 0 amide bonds. The molecule has 2 aromatic rings. The molecule has 2 aliphatic rings. The molecular weight excluding hydrogens is 350 g/mol. The minimum atomic E-state index is -0.0942. The molecule has 2 fully saturated rings. The van der Waals surface area contributed by atoms with Crippen molar-refractivity contribution in [3.05, 3.63) is 40.2 Å². The number of aryl methyl sites for hydroxylation is 1. The highest BCUT2D eigenvalue weighted by atomic mass is 16.1. The fourth-order valence-corrected chi connectivity index (χ4v) is 5.20. The van der Waals surface area contributed by atoms with Gasteiger partial charge in [0, 0.05) is 26.2 Å². The Morgan fingerprint density at radius 3 is 2.46 bits per heavy atom. The van der Waals surface area contributed by atoms with Crippen LogP contribution in [0.4, 0.5) is 11.8 Å². The van der Waals surface area contributed by atoms with Crippen molar-refractivity contribution >= 4 is 11.8 Å². The van der Waals surface area contributed by atoms with E-state index in [1.54, 1.807) is 11.6 Å². The maximum absolute atomic E-state index is 13.1. The molecule has 1 aromatic carbocycles. The van der Waals surface area contributed by atoms with Crippen molar-refractivity contribution in [1.82, 2.24) is 9.55 Å². The smallest absolute Gasteiger partial charge is 0.264 e. The van der Waals surface area contributed by atoms with Gasteiger partial charge < -0.3 is 16.4 Å². The van der Waals surface area contributed by atoms with Gasteiger partial charge in [0.15, 0.2) is 0 Å². The van der Waals surface area contributed by atoms with Crippen LogP contribution in [0, 0.1) is 18.3 Å². The van der Waals surface area contributed by atoms with E-state index >= 15 is 0 Å². The Balaban J connectivity index is 1.64. The average molecular weight is 382 g/mol. The number of piperidine rings is 1. The molecule has 1 saturated carbocycles. The molecule has 2 atom stereocenters. The van der Waals surface area contributed by atoms with Crippen LogP contribution in [-0.4, -0.2) is 28.7 Å². The van der Waals surface area contributed by atoms with E-state index in [4.69, 9.17) is 11.5 Å². The zero-order chi connectivity index (χ0) is 20.1. The molecule has 1 aliphatic carbocycles. The number of rotatable bonds is 2. The quantitative estimate of drug-likeness (QED) is 0.835. The van der Waals surface area contributed by atoms with Crippen LogP contribution in [0.25, 0.3) is 11.1 Å². The summed E-state index contributed by atoms with van der Waals surface area (Å²) in [6, 6.07) is 8.07. The fraction of sp³-hybridized carbons (Fsp3) is 0.545. The monoisotopic (exact) mass is 381 g/mol. The first-order valence-electron chi connectivity index (χ1n) is 10.3. The van der Waals surface area contributed by atoms with Crippen LogP contribution in [0.1, 0.15) is 38.2 Å². The molecule has 1 saturated heterocycles. The number of aromatic nitrogens is 2. The maximum Gasteiger partial charge on any atom is 0.264 e. The Hall–Kier alpha value is -2.34. The number of anilines is 2. The molecule has 4 rings (SSSR count). The highest BCUT2D eigenvalue weighted by molar-refractivity contribution is 5.76. The van der Waals surface area contributed by atoms with E-state index in [2.05, 4.69) is 16.8 Å². The van der Waals surface area contributed by atoms with Crippen LogP contribution in [0.5, 0.6) is 0 Å². The molecule has 6 heteroatoms. The molecule has 6 nitrogen and oxygen atoms in total. The van der Waals surface area contributed by atoms with Crippen LogP contribution < -0.4 is 21.9 Å². The second-order valence-corrected chi connectivity index (χ2v) is 8.74. The second-order valence-electron chi connectivity index (χ2n) is 8.74. The number of nitrogen functional groups attached to an aromatic ring is 1. The van der Waals surface area contributed by atoms with Crippen LogP contribution in [0.3, 0.4) is 0 Å². The van der Waals surface area contributed by atoms with Gasteiger partial charge in [-0.1, -0.05) is 31.2 Å². The molecule has 28 heavy (non-hydrogen) atoms. The van der Waals surface area contributed by atoms with Gasteiger partial charge in [-0.25, -0.2) is 0 Å². The Bertz CT molecular complexity index is 942. The van der Waals surface area contributed by atoms with E-state index in [9.17, 15) is 4.79 Å². The van der Waals surface area contributed by atoms with E-state index < -0.39 is 0 Å². The average Bonchev–Trinajstić information content (AvgIpc) is 2.96. The molecule has 0 radical (unpaired) electrons. The summed E-state index contributed by atoms with van der Waals surface area (Å²) in [7, 11) is 1.79. The molecule has 0 unspecified atom stereocenters. The minimum absolute atomic E-state index is 0.0942. The summed E-state index contributed by atoms with van der Waals surface area (Å²) in [5.74, 6) is 1.56. The maximum atomic E-state index is 13.1. The van der Waals surface area contributed by atoms with Gasteiger partial charge in [0.2, 0.25) is 5.95 Å². The zero-order valence-electron chi connectivity index (χ0n) is 17.1. The van der Waals surface area contributed by atoms with E-state index in [0.29, 0.717) is 23.2 Å². The van der Waals surface area contributed by atoms with E-state index in [0.717, 1.165) is 37.1 Å². The van der Waals surface area contributed by atoms with Crippen LogP contribution >= 0.6 is 0 Å². The third-order valence-corrected chi connectivity index (χ3v) is 7.17. The predicted octanol–water partition coefficient (Wildman–Crippen LogP) is 2.68. The Labute approximate surface area is 166 Å². The standard InChI is InChI=1S/C22H31N5O/c1-14-6-4-5-7-16(14)17-19(24)25-21(26(3)20(17)28)27-12-10-22(11-13-27)9-8-15(2)18(22)23/h4-7,15,18H,8-13,23-24H2,1-3H3/t15-,18-/m1/s1. The Morgan fingerprint density at radius 2 is 1.86 bits per heavy atom. The van der Waals surface area contributed by atoms with Crippen LogP contribution in [0.15, 0.2) is 29.1 Å². The summed E-state index contributed by atoms with van der Waals surface area (Å²) in [5, 5.41) is 0. The summed E-state index contributed by atoms with van der Waals surface area (Å²) in [4.78, 5) is 20.0. The van der Waals surface area contributed by atoms with E-state index in [1.807, 2.05) is 31.2 Å². The molecule has 150 valence electrons. The van der Waals surface area contributed by atoms with Gasteiger partial charge in [-0.3, -0.25) is 9.36 Å². The number of hydrogen-bond donors (Lipinski definition) is 2. The second kappa shape index (κ2) is 6.92. The lowest BCUT2D eigenvalue weighted by Gasteiger charge is -2.43. The molecule has 1 aliphatic heterocycles. The molecule has 2 heterocycles. The topological polar surface area (TPSA) is 90.2 Å². The summed E-state index contributed by atoms with van der Waals surface area (Å²) in [6.07, 6.45) is 4.53. The zero-order valence-corrected chi connectivity index (χ0v) is 17.1. The number of hydrogen-bond acceptors (Lipinski definition) is 5. The normalized spacial score (nSPS) is 24.1. The summed E-state index contributed by atoms with van der Waals surface area (Å²) < 4.78 is 1.65. The van der Waals surface area contributed by atoms with Gasteiger partial charge in [0.25, 0.3) is 5.56 Å². The molecule has 0 bridgehead atoms. The molecule has 1 spiro atoms. The number of benzene rings is 1. The van der Waals surface area contributed by atoms with Crippen molar-refractivity contribution in [2.24, 2.45) is 24.1 Å². The minimum Gasteiger partial charge on any atom is -0.383 e. The van der Waals surface area contributed by atoms with Crippen LogP contribution in [0.2, 0.25) is 0 Å².